The van der Waals surface area contributed by atoms with Gasteiger partial charge >= 0.3 is 0 Å². The molecular formula is C14H16N2O4S. The Morgan fingerprint density at radius 3 is 2.57 bits per heavy atom. The van der Waals surface area contributed by atoms with Gasteiger partial charge in [-0.2, -0.15) is 0 Å². The largest absolute Gasteiger partial charge is 0.338 e. The second-order valence-corrected chi connectivity index (χ2v) is 7.41. The number of aryl methyl sites for hydroxylation is 1. The van der Waals surface area contributed by atoms with Crippen molar-refractivity contribution >= 4 is 21.6 Å². The molecule has 7 heteroatoms. The number of hydrogen-bond acceptors (Lipinski definition) is 5. The van der Waals surface area contributed by atoms with E-state index in [9.17, 15) is 13.2 Å². The molecule has 2 aromatic rings. The van der Waals surface area contributed by atoms with Crippen LogP contribution >= 0.6 is 0 Å². The zero-order valence-electron chi connectivity index (χ0n) is 12.0. The van der Waals surface area contributed by atoms with Crippen molar-refractivity contribution in [2.75, 3.05) is 5.32 Å². The van der Waals surface area contributed by atoms with Crippen molar-refractivity contribution in [3.05, 3.63) is 41.6 Å². The summed E-state index contributed by atoms with van der Waals surface area (Å²) in [6.45, 7) is 4.92. The van der Waals surface area contributed by atoms with Gasteiger partial charge in [-0.3, -0.25) is 10.1 Å². The lowest BCUT2D eigenvalue weighted by Gasteiger charge is -2.09. The number of benzene rings is 1. The van der Waals surface area contributed by atoms with E-state index in [1.54, 1.807) is 26.8 Å². The lowest BCUT2D eigenvalue weighted by atomic mass is 10.2. The SMILES string of the molecule is Cc1cc(NC(=O)c2cccc(S(=O)(=O)C(C)C)c2)on1. The molecule has 1 aromatic carbocycles. The number of anilines is 1. The second kappa shape index (κ2) is 5.69. The molecule has 0 aliphatic heterocycles. The van der Waals surface area contributed by atoms with Gasteiger partial charge in [0.15, 0.2) is 9.84 Å². The predicted molar refractivity (Wildman–Crippen MR) is 78.0 cm³/mol. The molecule has 0 unspecified atom stereocenters. The molecule has 0 atom stereocenters. The van der Waals surface area contributed by atoms with E-state index in [1.165, 1.54) is 24.3 Å². The number of aromatic nitrogens is 1. The van der Waals surface area contributed by atoms with Gasteiger partial charge in [-0.05, 0) is 39.0 Å². The molecule has 1 N–H and O–H groups in total. The summed E-state index contributed by atoms with van der Waals surface area (Å²) < 4.78 is 29.1. The molecule has 0 aliphatic carbocycles. The minimum Gasteiger partial charge on any atom is -0.338 e. The van der Waals surface area contributed by atoms with Crippen LogP contribution in [0.4, 0.5) is 5.88 Å². The molecule has 1 heterocycles. The Kier molecular flexibility index (Phi) is 4.13. The Morgan fingerprint density at radius 2 is 2.00 bits per heavy atom. The molecule has 1 amide bonds. The van der Waals surface area contributed by atoms with E-state index in [4.69, 9.17) is 4.52 Å². The number of rotatable bonds is 4. The fourth-order valence-corrected chi connectivity index (χ4v) is 2.80. The molecule has 0 bridgehead atoms. The maximum absolute atomic E-state index is 12.1. The highest BCUT2D eigenvalue weighted by atomic mass is 32.2. The third kappa shape index (κ3) is 3.30. The zero-order valence-corrected chi connectivity index (χ0v) is 12.8. The lowest BCUT2D eigenvalue weighted by Crippen LogP contribution is -2.16. The van der Waals surface area contributed by atoms with Crippen LogP contribution in [0.15, 0.2) is 39.8 Å². The average molecular weight is 308 g/mol. The first-order valence-electron chi connectivity index (χ1n) is 6.39. The molecular weight excluding hydrogens is 292 g/mol. The number of nitrogens with one attached hydrogen (secondary N) is 1. The summed E-state index contributed by atoms with van der Waals surface area (Å²) in [5, 5.41) is 5.63. The van der Waals surface area contributed by atoms with E-state index < -0.39 is 21.0 Å². The van der Waals surface area contributed by atoms with E-state index in [-0.39, 0.29) is 16.3 Å². The van der Waals surface area contributed by atoms with E-state index in [0.717, 1.165) is 0 Å². The van der Waals surface area contributed by atoms with Crippen LogP contribution in [0.25, 0.3) is 0 Å². The summed E-state index contributed by atoms with van der Waals surface area (Å²) in [6, 6.07) is 7.49. The van der Waals surface area contributed by atoms with E-state index in [1.807, 2.05) is 0 Å². The van der Waals surface area contributed by atoms with Crippen LogP contribution in [-0.4, -0.2) is 24.7 Å². The summed E-state index contributed by atoms with van der Waals surface area (Å²) >= 11 is 0. The highest BCUT2D eigenvalue weighted by molar-refractivity contribution is 7.92. The molecule has 0 saturated heterocycles. The van der Waals surface area contributed by atoms with Gasteiger partial charge < -0.3 is 4.52 Å². The Balaban J connectivity index is 2.27. The number of sulfone groups is 1. The molecule has 0 aliphatic rings. The average Bonchev–Trinajstić information content (AvgIpc) is 2.84. The third-order valence-corrected chi connectivity index (χ3v) is 5.06. The van der Waals surface area contributed by atoms with Crippen LogP contribution < -0.4 is 5.32 Å². The fraction of sp³-hybridized carbons (Fsp3) is 0.286. The molecule has 0 radical (unpaired) electrons. The Hall–Kier alpha value is -2.15. The number of nitrogens with zero attached hydrogens (tertiary/aromatic N) is 1. The maximum Gasteiger partial charge on any atom is 0.258 e. The highest BCUT2D eigenvalue weighted by Gasteiger charge is 2.20. The fourth-order valence-electron chi connectivity index (χ4n) is 1.69. The van der Waals surface area contributed by atoms with Gasteiger partial charge in [0.2, 0.25) is 5.88 Å². The molecule has 21 heavy (non-hydrogen) atoms. The van der Waals surface area contributed by atoms with Crippen molar-refractivity contribution in [2.24, 2.45) is 0 Å². The van der Waals surface area contributed by atoms with Gasteiger partial charge in [0.25, 0.3) is 5.91 Å². The second-order valence-electron chi connectivity index (χ2n) is 4.91. The van der Waals surface area contributed by atoms with Crippen molar-refractivity contribution in [1.82, 2.24) is 5.16 Å². The van der Waals surface area contributed by atoms with Gasteiger partial charge in [-0.1, -0.05) is 11.2 Å². The van der Waals surface area contributed by atoms with Crippen molar-refractivity contribution in [3.63, 3.8) is 0 Å². The summed E-state index contributed by atoms with van der Waals surface area (Å²) in [5.74, 6) is -0.235. The summed E-state index contributed by atoms with van der Waals surface area (Å²) in [7, 11) is -3.42. The normalized spacial score (nSPS) is 11.6. The van der Waals surface area contributed by atoms with Crippen LogP contribution in [0.5, 0.6) is 0 Å². The summed E-state index contributed by atoms with van der Waals surface area (Å²) in [5.41, 5.74) is 0.882. The van der Waals surface area contributed by atoms with Gasteiger partial charge in [-0.25, -0.2) is 8.42 Å². The lowest BCUT2D eigenvalue weighted by molar-refractivity contribution is 0.102. The number of amides is 1. The van der Waals surface area contributed by atoms with Gasteiger partial charge in [-0.15, -0.1) is 0 Å². The standard InChI is InChI=1S/C14H16N2O4S/c1-9(2)21(18,19)12-6-4-5-11(8-12)14(17)15-13-7-10(3)16-20-13/h4-9H,1-3H3,(H,15,17). The van der Waals surface area contributed by atoms with Crippen LogP contribution in [0.3, 0.4) is 0 Å². The Morgan fingerprint density at radius 1 is 1.29 bits per heavy atom. The first kappa shape index (κ1) is 15.2. The molecule has 0 fully saturated rings. The molecule has 1 aromatic heterocycles. The zero-order chi connectivity index (χ0) is 15.6. The van der Waals surface area contributed by atoms with Crippen LogP contribution in [0.1, 0.15) is 29.9 Å². The van der Waals surface area contributed by atoms with Crippen molar-refractivity contribution in [1.29, 1.82) is 0 Å². The topological polar surface area (TPSA) is 89.3 Å². The van der Waals surface area contributed by atoms with E-state index >= 15 is 0 Å². The predicted octanol–water partition coefficient (Wildman–Crippen LogP) is 2.42. The molecule has 112 valence electrons. The minimum atomic E-state index is -3.42. The minimum absolute atomic E-state index is 0.124. The Bertz CT molecular complexity index is 763. The number of carbonyl (C=O) groups excluding carboxylic acids is 1. The maximum atomic E-state index is 12.1. The van der Waals surface area contributed by atoms with Crippen molar-refractivity contribution in [2.45, 2.75) is 30.9 Å². The summed E-state index contributed by atoms with van der Waals surface area (Å²) in [4.78, 5) is 12.2. The highest BCUT2D eigenvalue weighted by Crippen LogP contribution is 2.18. The van der Waals surface area contributed by atoms with Gasteiger partial charge in [0.1, 0.15) is 0 Å². The van der Waals surface area contributed by atoms with E-state index in [0.29, 0.717) is 5.69 Å². The third-order valence-electron chi connectivity index (χ3n) is 2.91. The van der Waals surface area contributed by atoms with Crippen molar-refractivity contribution in [3.8, 4) is 0 Å². The molecule has 0 spiro atoms. The smallest absolute Gasteiger partial charge is 0.258 e. The van der Waals surface area contributed by atoms with Crippen LogP contribution in [0, 0.1) is 6.92 Å². The molecule has 2 rings (SSSR count). The van der Waals surface area contributed by atoms with E-state index in [2.05, 4.69) is 10.5 Å². The monoisotopic (exact) mass is 308 g/mol. The molecule has 0 saturated carbocycles. The van der Waals surface area contributed by atoms with Gasteiger partial charge in [0.05, 0.1) is 15.8 Å². The molecule has 6 nitrogen and oxygen atoms in total. The summed E-state index contributed by atoms with van der Waals surface area (Å²) in [6.07, 6.45) is 0. The number of carbonyl (C=O) groups is 1. The Labute approximate surface area is 123 Å². The quantitative estimate of drug-likeness (QED) is 0.937. The van der Waals surface area contributed by atoms with Gasteiger partial charge in [0, 0.05) is 11.6 Å². The first-order chi connectivity index (χ1) is 9.80. The van der Waals surface area contributed by atoms with Crippen LogP contribution in [-0.2, 0) is 9.84 Å². The van der Waals surface area contributed by atoms with Crippen molar-refractivity contribution < 1.29 is 17.7 Å². The first-order valence-corrected chi connectivity index (χ1v) is 7.94. The van der Waals surface area contributed by atoms with Crippen LogP contribution in [0.2, 0.25) is 0 Å². The number of hydrogen-bond donors (Lipinski definition) is 1.